The van der Waals surface area contributed by atoms with Gasteiger partial charge in [0.25, 0.3) is 5.89 Å². The van der Waals surface area contributed by atoms with Crippen molar-refractivity contribution in [2.45, 2.75) is 6.61 Å². The smallest absolute Gasteiger partial charge is 0.360 e. The van der Waals surface area contributed by atoms with Crippen molar-refractivity contribution < 1.29 is 32.7 Å². The number of benzene rings is 2. The van der Waals surface area contributed by atoms with E-state index < -0.39 is 5.97 Å². The zero-order valence-electron chi connectivity index (χ0n) is 17.5. The van der Waals surface area contributed by atoms with E-state index in [9.17, 15) is 4.79 Å². The molecule has 0 aliphatic heterocycles. The molecule has 0 fully saturated rings. The van der Waals surface area contributed by atoms with E-state index in [1.165, 1.54) is 20.5 Å². The first-order valence-electron chi connectivity index (χ1n) is 9.44. The van der Waals surface area contributed by atoms with Crippen LogP contribution in [-0.4, -0.2) is 42.4 Å². The highest BCUT2D eigenvalue weighted by Crippen LogP contribution is 2.34. The number of ether oxygens (including phenoxy) is 4. The second-order valence-electron chi connectivity index (χ2n) is 6.40. The largest absolute Gasteiger partial charge is 0.496 e. The Balaban J connectivity index is 1.52. The molecule has 0 spiro atoms. The second-order valence-corrected chi connectivity index (χ2v) is 6.40. The topological polar surface area (TPSA) is 119 Å². The summed E-state index contributed by atoms with van der Waals surface area (Å²) < 4.78 is 31.7. The Morgan fingerprint density at radius 1 is 0.969 bits per heavy atom. The van der Waals surface area contributed by atoms with Gasteiger partial charge in [0.1, 0.15) is 12.0 Å². The van der Waals surface area contributed by atoms with Gasteiger partial charge in [-0.25, -0.2) is 9.78 Å². The van der Waals surface area contributed by atoms with Crippen molar-refractivity contribution in [2.75, 3.05) is 21.3 Å². The van der Waals surface area contributed by atoms with Gasteiger partial charge in [-0.15, -0.1) is 0 Å². The average Bonchev–Trinajstić information content (AvgIpc) is 3.52. The number of para-hydroxylation sites is 1. The lowest BCUT2D eigenvalue weighted by Gasteiger charge is -2.10. The SMILES string of the molecule is COC(=O)c1coc(COc2ccc(-c3noc(-c4ccccc4OC)n3)cc2OC)n1. The zero-order valence-corrected chi connectivity index (χ0v) is 17.5. The summed E-state index contributed by atoms with van der Waals surface area (Å²) in [6, 6.07) is 12.6. The standard InChI is InChI=1S/C22H19N3O7/c1-27-16-7-5-4-6-14(16)21-24-20(25-32-21)13-8-9-17(18(10-13)28-2)30-12-19-23-15(11-31-19)22(26)29-3/h4-11H,12H2,1-3H3. The van der Waals surface area contributed by atoms with Crippen molar-refractivity contribution in [2.24, 2.45) is 0 Å². The van der Waals surface area contributed by atoms with Crippen LogP contribution >= 0.6 is 0 Å². The third-order valence-corrected chi connectivity index (χ3v) is 4.48. The number of rotatable bonds is 8. The summed E-state index contributed by atoms with van der Waals surface area (Å²) in [6.45, 7) is -0.00708. The van der Waals surface area contributed by atoms with E-state index in [4.69, 9.17) is 23.2 Å². The van der Waals surface area contributed by atoms with Crippen LogP contribution in [0.2, 0.25) is 0 Å². The summed E-state index contributed by atoms with van der Waals surface area (Å²) in [4.78, 5) is 19.9. The van der Waals surface area contributed by atoms with Gasteiger partial charge in [-0.3, -0.25) is 0 Å². The predicted molar refractivity (Wildman–Crippen MR) is 110 cm³/mol. The summed E-state index contributed by atoms with van der Waals surface area (Å²) in [5.74, 6) is 1.87. The number of nitrogens with zero attached hydrogens (tertiary/aromatic N) is 3. The first-order chi connectivity index (χ1) is 15.6. The van der Waals surface area contributed by atoms with Crippen molar-refractivity contribution in [1.29, 1.82) is 0 Å². The highest BCUT2D eigenvalue weighted by Gasteiger charge is 2.17. The van der Waals surface area contributed by atoms with E-state index in [0.29, 0.717) is 40.1 Å². The van der Waals surface area contributed by atoms with Crippen LogP contribution in [0, 0.1) is 0 Å². The molecule has 0 unspecified atom stereocenters. The molecule has 2 aromatic heterocycles. The minimum atomic E-state index is -0.588. The molecule has 4 aromatic rings. The fraction of sp³-hybridized carbons (Fsp3) is 0.182. The van der Waals surface area contributed by atoms with Gasteiger partial charge < -0.3 is 27.9 Å². The molecule has 0 amide bonds. The lowest BCUT2D eigenvalue weighted by atomic mass is 10.2. The van der Waals surface area contributed by atoms with Crippen LogP contribution in [0.4, 0.5) is 0 Å². The molecule has 32 heavy (non-hydrogen) atoms. The van der Waals surface area contributed by atoms with Crippen molar-refractivity contribution in [1.82, 2.24) is 15.1 Å². The van der Waals surface area contributed by atoms with Crippen LogP contribution in [0.5, 0.6) is 17.2 Å². The molecule has 0 bridgehead atoms. The predicted octanol–water partition coefficient (Wildman–Crippen LogP) is 3.77. The zero-order chi connectivity index (χ0) is 22.5. The van der Waals surface area contributed by atoms with E-state index in [0.717, 1.165) is 0 Å². The maximum atomic E-state index is 11.5. The minimum absolute atomic E-state index is 0.00708. The molecule has 2 aromatic carbocycles. The molecule has 4 rings (SSSR count). The lowest BCUT2D eigenvalue weighted by Crippen LogP contribution is -2.03. The van der Waals surface area contributed by atoms with Crippen LogP contribution < -0.4 is 14.2 Å². The number of oxazole rings is 1. The number of methoxy groups -OCH3 is 3. The lowest BCUT2D eigenvalue weighted by molar-refractivity contribution is 0.0594. The van der Waals surface area contributed by atoms with Crippen molar-refractivity contribution >= 4 is 5.97 Å². The fourth-order valence-corrected chi connectivity index (χ4v) is 2.91. The molecule has 10 nitrogen and oxygen atoms in total. The Bertz CT molecular complexity index is 1230. The van der Waals surface area contributed by atoms with Crippen LogP contribution in [0.1, 0.15) is 16.4 Å². The molecule has 0 aliphatic carbocycles. The molecule has 0 saturated carbocycles. The van der Waals surface area contributed by atoms with Crippen molar-refractivity contribution in [3.63, 3.8) is 0 Å². The Labute approximate surface area is 182 Å². The average molecular weight is 437 g/mol. The highest BCUT2D eigenvalue weighted by atomic mass is 16.5. The maximum Gasteiger partial charge on any atom is 0.360 e. The summed E-state index contributed by atoms with van der Waals surface area (Å²) in [5, 5.41) is 4.06. The molecule has 0 saturated heterocycles. The molecular formula is C22H19N3O7. The van der Waals surface area contributed by atoms with Crippen LogP contribution in [0.15, 0.2) is 57.7 Å². The first-order valence-corrected chi connectivity index (χ1v) is 9.44. The number of hydrogen-bond donors (Lipinski definition) is 0. The Morgan fingerprint density at radius 2 is 1.78 bits per heavy atom. The number of aromatic nitrogens is 3. The summed E-state index contributed by atoms with van der Waals surface area (Å²) in [5.41, 5.74) is 1.43. The van der Waals surface area contributed by atoms with Crippen molar-refractivity contribution in [3.05, 3.63) is 60.3 Å². The molecule has 2 heterocycles. The van der Waals surface area contributed by atoms with E-state index in [1.54, 1.807) is 25.3 Å². The van der Waals surface area contributed by atoms with E-state index in [2.05, 4.69) is 19.9 Å². The number of carbonyl (C=O) groups is 1. The van der Waals surface area contributed by atoms with Gasteiger partial charge in [0.2, 0.25) is 11.7 Å². The Kier molecular flexibility index (Phi) is 6.02. The molecule has 10 heteroatoms. The molecule has 164 valence electrons. The van der Waals surface area contributed by atoms with Gasteiger partial charge in [0.15, 0.2) is 23.8 Å². The Morgan fingerprint density at radius 3 is 2.56 bits per heavy atom. The second kappa shape index (κ2) is 9.21. The normalized spacial score (nSPS) is 10.6. The number of carbonyl (C=O) groups excluding carboxylic acids is 1. The van der Waals surface area contributed by atoms with Gasteiger partial charge in [-0.05, 0) is 30.3 Å². The van der Waals surface area contributed by atoms with Crippen LogP contribution in [-0.2, 0) is 11.3 Å². The van der Waals surface area contributed by atoms with Gasteiger partial charge in [0, 0.05) is 5.56 Å². The van der Waals surface area contributed by atoms with E-state index >= 15 is 0 Å². The Hall–Kier alpha value is -4.34. The molecule has 0 atom stereocenters. The quantitative estimate of drug-likeness (QED) is 0.377. The van der Waals surface area contributed by atoms with E-state index in [1.807, 2.05) is 24.3 Å². The maximum absolute atomic E-state index is 11.5. The molecular weight excluding hydrogens is 418 g/mol. The minimum Gasteiger partial charge on any atom is -0.496 e. The monoisotopic (exact) mass is 437 g/mol. The summed E-state index contributed by atoms with van der Waals surface area (Å²) >= 11 is 0. The van der Waals surface area contributed by atoms with Gasteiger partial charge in [-0.2, -0.15) is 4.98 Å². The van der Waals surface area contributed by atoms with Crippen molar-refractivity contribution in [3.8, 4) is 40.1 Å². The van der Waals surface area contributed by atoms with Crippen LogP contribution in [0.3, 0.4) is 0 Å². The third-order valence-electron chi connectivity index (χ3n) is 4.48. The molecule has 0 N–H and O–H groups in total. The number of esters is 1. The van der Waals surface area contributed by atoms with Gasteiger partial charge >= 0.3 is 5.97 Å². The van der Waals surface area contributed by atoms with Gasteiger partial charge in [-0.1, -0.05) is 17.3 Å². The highest BCUT2D eigenvalue weighted by molar-refractivity contribution is 5.86. The summed E-state index contributed by atoms with van der Waals surface area (Å²) in [6.07, 6.45) is 1.21. The summed E-state index contributed by atoms with van der Waals surface area (Å²) in [7, 11) is 4.36. The third kappa shape index (κ3) is 4.24. The van der Waals surface area contributed by atoms with Crippen LogP contribution in [0.25, 0.3) is 22.8 Å². The van der Waals surface area contributed by atoms with E-state index in [-0.39, 0.29) is 18.2 Å². The number of hydrogen-bond acceptors (Lipinski definition) is 10. The fourth-order valence-electron chi connectivity index (χ4n) is 2.91. The molecule has 0 radical (unpaired) electrons. The first kappa shape index (κ1) is 20.9. The molecule has 0 aliphatic rings. The van der Waals surface area contributed by atoms with Gasteiger partial charge in [0.05, 0.1) is 26.9 Å².